The van der Waals surface area contributed by atoms with Gasteiger partial charge in [-0.15, -0.1) is 0 Å². The Morgan fingerprint density at radius 3 is 2.50 bits per heavy atom. The van der Waals surface area contributed by atoms with E-state index in [1.807, 2.05) is 19.9 Å². The summed E-state index contributed by atoms with van der Waals surface area (Å²) < 4.78 is 28.6. The Kier molecular flexibility index (Phi) is 5.97. The van der Waals surface area contributed by atoms with Gasteiger partial charge in [-0.05, 0) is 57.6 Å². The smallest absolute Gasteiger partial charge is 0.347 e. The van der Waals surface area contributed by atoms with Gasteiger partial charge < -0.3 is 28.5 Å². The molecule has 9 atom stereocenters. The number of cyclic esters (lactones) is 1. The molecule has 4 aliphatic rings. The summed E-state index contributed by atoms with van der Waals surface area (Å²) in [5.74, 6) is -2.92. The van der Waals surface area contributed by atoms with Crippen molar-refractivity contribution in [1.82, 2.24) is 0 Å². The van der Waals surface area contributed by atoms with Crippen LogP contribution in [-0.2, 0) is 33.3 Å². The van der Waals surface area contributed by atoms with Crippen molar-refractivity contribution in [2.24, 2.45) is 22.7 Å². The van der Waals surface area contributed by atoms with Gasteiger partial charge >= 0.3 is 17.9 Å². The molecule has 0 aromatic carbocycles. The number of aliphatic hydroxyl groups is 1. The Morgan fingerprint density at radius 1 is 1.18 bits per heavy atom. The number of aliphatic hydroxyl groups excluding tert-OH is 1. The molecule has 2 aliphatic carbocycles. The molecule has 9 nitrogen and oxygen atoms in total. The van der Waals surface area contributed by atoms with Gasteiger partial charge in [0.1, 0.15) is 16.8 Å². The standard InChI is InChI=1S/C29H38O9/c1-16(30)36-22(24(33)34-7)23-25(2,3)37-21(32)9-11-26(23,4)19-8-12-27(5)18(17-10-13-35-15-17)14-20(31)29(27)28(19,6)38-29/h9-11,13,15,18-20,22-23,31H,8,12,14H2,1-7H3. The SMILES string of the molecule is COC(=O)C(OC(C)=O)C1C(C)(C)OC(=O)C=CC1(C)C1CCC2(C)C(c3ccoc3)CC(O)C23OC13C. The summed E-state index contributed by atoms with van der Waals surface area (Å²) in [5, 5.41) is 11.5. The van der Waals surface area contributed by atoms with Gasteiger partial charge in [0.25, 0.3) is 0 Å². The number of ether oxygens (including phenoxy) is 4. The molecule has 0 amide bonds. The van der Waals surface area contributed by atoms with E-state index in [9.17, 15) is 19.5 Å². The molecule has 3 fully saturated rings. The molecular formula is C29H38O9. The maximum Gasteiger partial charge on any atom is 0.347 e. The van der Waals surface area contributed by atoms with Crippen LogP contribution in [0.2, 0.25) is 0 Å². The Morgan fingerprint density at radius 2 is 1.89 bits per heavy atom. The molecule has 1 aromatic rings. The van der Waals surface area contributed by atoms with Crippen LogP contribution in [0.1, 0.15) is 72.3 Å². The van der Waals surface area contributed by atoms with E-state index in [0.717, 1.165) is 12.0 Å². The van der Waals surface area contributed by atoms with Gasteiger partial charge in [0, 0.05) is 29.7 Å². The van der Waals surface area contributed by atoms with Gasteiger partial charge in [-0.1, -0.05) is 19.9 Å². The van der Waals surface area contributed by atoms with E-state index in [1.54, 1.807) is 32.4 Å². The lowest BCUT2D eigenvalue weighted by molar-refractivity contribution is -0.193. The highest BCUT2D eigenvalue weighted by Gasteiger charge is 2.87. The molecule has 2 aliphatic heterocycles. The van der Waals surface area contributed by atoms with Crippen LogP contribution in [0.15, 0.2) is 35.2 Å². The van der Waals surface area contributed by atoms with Crippen LogP contribution in [0, 0.1) is 22.7 Å². The van der Waals surface area contributed by atoms with Crippen molar-refractivity contribution >= 4 is 17.9 Å². The first-order valence-corrected chi connectivity index (χ1v) is 13.3. The number of allylic oxidation sites excluding steroid dienone is 1. The maximum absolute atomic E-state index is 13.1. The quantitative estimate of drug-likeness (QED) is 0.345. The zero-order valence-electron chi connectivity index (χ0n) is 23.1. The number of hydrogen-bond donors (Lipinski definition) is 1. The van der Waals surface area contributed by atoms with Crippen LogP contribution in [0.25, 0.3) is 0 Å². The Bertz CT molecular complexity index is 1170. The second-order valence-corrected chi connectivity index (χ2v) is 12.6. The summed E-state index contributed by atoms with van der Waals surface area (Å²) in [4.78, 5) is 38.0. The van der Waals surface area contributed by atoms with E-state index in [1.165, 1.54) is 20.1 Å². The van der Waals surface area contributed by atoms with Crippen LogP contribution in [0.3, 0.4) is 0 Å². The Balaban J connectivity index is 1.62. The van der Waals surface area contributed by atoms with Crippen molar-refractivity contribution in [2.45, 2.75) is 95.7 Å². The highest BCUT2D eigenvalue weighted by molar-refractivity contribution is 5.84. The Labute approximate surface area is 222 Å². The molecule has 1 spiro atoms. The third-order valence-corrected chi connectivity index (χ3v) is 10.3. The van der Waals surface area contributed by atoms with Crippen LogP contribution >= 0.6 is 0 Å². The molecule has 1 aromatic heterocycles. The summed E-state index contributed by atoms with van der Waals surface area (Å²) in [6.45, 7) is 10.8. The number of carbonyl (C=O) groups excluding carboxylic acids is 3. The molecule has 2 saturated carbocycles. The van der Waals surface area contributed by atoms with Crippen LogP contribution in [0.4, 0.5) is 0 Å². The largest absolute Gasteiger partial charge is 0.472 e. The molecule has 0 radical (unpaired) electrons. The summed E-state index contributed by atoms with van der Waals surface area (Å²) in [6, 6.07) is 1.95. The van der Waals surface area contributed by atoms with Crippen molar-refractivity contribution in [3.05, 3.63) is 36.3 Å². The minimum atomic E-state index is -1.33. The summed E-state index contributed by atoms with van der Waals surface area (Å²) in [5.41, 5.74) is -3.06. The summed E-state index contributed by atoms with van der Waals surface area (Å²) in [7, 11) is 1.24. The molecule has 1 N–H and O–H groups in total. The van der Waals surface area contributed by atoms with E-state index >= 15 is 0 Å². The monoisotopic (exact) mass is 530 g/mol. The van der Waals surface area contributed by atoms with Gasteiger partial charge in [0.2, 0.25) is 6.10 Å². The molecule has 1 saturated heterocycles. The second kappa shape index (κ2) is 8.42. The highest BCUT2D eigenvalue weighted by atomic mass is 16.6. The van der Waals surface area contributed by atoms with E-state index in [-0.39, 0.29) is 17.3 Å². The van der Waals surface area contributed by atoms with E-state index in [2.05, 4.69) is 6.92 Å². The van der Waals surface area contributed by atoms with E-state index in [0.29, 0.717) is 12.8 Å². The van der Waals surface area contributed by atoms with Crippen molar-refractivity contribution in [3.63, 3.8) is 0 Å². The fraction of sp³-hybridized carbons (Fsp3) is 0.690. The second-order valence-electron chi connectivity index (χ2n) is 12.6. The molecular weight excluding hydrogens is 492 g/mol. The lowest BCUT2D eigenvalue weighted by Gasteiger charge is -2.53. The van der Waals surface area contributed by atoms with Crippen LogP contribution in [0.5, 0.6) is 0 Å². The summed E-state index contributed by atoms with van der Waals surface area (Å²) >= 11 is 0. The van der Waals surface area contributed by atoms with Crippen LogP contribution < -0.4 is 0 Å². The molecule has 0 bridgehead atoms. The van der Waals surface area contributed by atoms with Gasteiger partial charge in [0.15, 0.2) is 0 Å². The third-order valence-electron chi connectivity index (χ3n) is 10.3. The molecule has 208 valence electrons. The number of methoxy groups -OCH3 is 1. The Hall–Kier alpha value is -2.65. The highest BCUT2D eigenvalue weighted by Crippen LogP contribution is 2.79. The lowest BCUT2D eigenvalue weighted by atomic mass is 9.49. The van der Waals surface area contributed by atoms with Gasteiger partial charge in [-0.25, -0.2) is 9.59 Å². The number of hydrogen-bond acceptors (Lipinski definition) is 9. The fourth-order valence-corrected chi connectivity index (χ4v) is 9.00. The van der Waals surface area contributed by atoms with E-state index < -0.39 is 58.3 Å². The number of furan rings is 1. The van der Waals surface area contributed by atoms with Crippen molar-refractivity contribution in [2.75, 3.05) is 7.11 Å². The lowest BCUT2D eigenvalue weighted by Crippen LogP contribution is -2.61. The summed E-state index contributed by atoms with van der Waals surface area (Å²) in [6.07, 6.45) is 6.47. The molecule has 3 heterocycles. The first-order chi connectivity index (χ1) is 17.7. The zero-order valence-corrected chi connectivity index (χ0v) is 23.1. The van der Waals surface area contributed by atoms with Gasteiger partial charge in [-0.3, -0.25) is 4.79 Å². The molecule has 9 unspecified atom stereocenters. The predicted octanol–water partition coefficient (Wildman–Crippen LogP) is 3.69. The average Bonchev–Trinajstić information content (AvgIpc) is 3.12. The number of rotatable bonds is 5. The number of carbonyl (C=O) groups is 3. The predicted molar refractivity (Wildman–Crippen MR) is 134 cm³/mol. The minimum Gasteiger partial charge on any atom is -0.472 e. The average molecular weight is 531 g/mol. The number of epoxide rings is 1. The number of esters is 3. The first-order valence-electron chi connectivity index (χ1n) is 13.3. The normalized spacial score (nSPS) is 43.7. The topological polar surface area (TPSA) is 125 Å². The van der Waals surface area contributed by atoms with Crippen molar-refractivity contribution in [1.29, 1.82) is 0 Å². The molecule has 5 rings (SSSR count). The van der Waals surface area contributed by atoms with Gasteiger partial charge in [-0.2, -0.15) is 0 Å². The van der Waals surface area contributed by atoms with Crippen molar-refractivity contribution < 1.29 is 42.9 Å². The first kappa shape index (κ1) is 26.9. The fourth-order valence-electron chi connectivity index (χ4n) is 9.00. The van der Waals surface area contributed by atoms with Gasteiger partial charge in [0.05, 0.1) is 31.7 Å². The van der Waals surface area contributed by atoms with E-state index in [4.69, 9.17) is 23.4 Å². The zero-order chi connectivity index (χ0) is 27.9. The van der Waals surface area contributed by atoms with Crippen molar-refractivity contribution in [3.8, 4) is 0 Å². The third kappa shape index (κ3) is 3.40. The molecule has 38 heavy (non-hydrogen) atoms. The van der Waals surface area contributed by atoms with Crippen LogP contribution in [-0.4, -0.2) is 59.1 Å². The molecule has 9 heteroatoms. The minimum absolute atomic E-state index is 0.0533. The maximum atomic E-state index is 13.1.